The number of benzene rings is 1. The van der Waals surface area contributed by atoms with Gasteiger partial charge in [-0.05, 0) is 24.1 Å². The predicted octanol–water partition coefficient (Wildman–Crippen LogP) is 0.485. The van der Waals surface area contributed by atoms with Gasteiger partial charge in [-0.3, -0.25) is 14.3 Å². The van der Waals surface area contributed by atoms with Crippen LogP contribution in [0.2, 0.25) is 0 Å². The summed E-state index contributed by atoms with van der Waals surface area (Å²) in [5, 5.41) is 10.1. The summed E-state index contributed by atoms with van der Waals surface area (Å²) in [4.78, 5) is 26.0. The molecule has 1 N–H and O–H groups in total. The zero-order valence-electron chi connectivity index (χ0n) is 12.6. The Hall–Kier alpha value is -2.77. The summed E-state index contributed by atoms with van der Waals surface area (Å²) in [6.45, 7) is 0.943. The summed E-state index contributed by atoms with van der Waals surface area (Å²) in [5.41, 5.74) is 1.03. The van der Waals surface area contributed by atoms with E-state index in [1.54, 1.807) is 24.1 Å². The summed E-state index contributed by atoms with van der Waals surface area (Å²) in [7, 11) is 1.66. The first-order valence-corrected chi connectivity index (χ1v) is 7.23. The van der Waals surface area contributed by atoms with Crippen molar-refractivity contribution in [2.45, 2.75) is 19.0 Å². The maximum absolute atomic E-state index is 12.9. The standard InChI is InChI=1S/C15H16FN5O2/c1-20-9-13(18-19-20)14(22)17-12-6-7-21(15(12)23)8-10-2-4-11(16)5-3-10/h2-5,9,12H,6-8H2,1H3,(H,17,22). The molecule has 1 fully saturated rings. The van der Waals surface area contributed by atoms with Gasteiger partial charge in [0.15, 0.2) is 5.69 Å². The topological polar surface area (TPSA) is 80.1 Å². The number of nitrogens with zero attached hydrogens (tertiary/aromatic N) is 4. The minimum absolute atomic E-state index is 0.147. The van der Waals surface area contributed by atoms with E-state index >= 15 is 0 Å². The van der Waals surface area contributed by atoms with E-state index in [0.717, 1.165) is 5.56 Å². The Labute approximate surface area is 132 Å². The van der Waals surface area contributed by atoms with E-state index < -0.39 is 11.9 Å². The largest absolute Gasteiger partial charge is 0.339 e. The van der Waals surface area contributed by atoms with E-state index in [9.17, 15) is 14.0 Å². The van der Waals surface area contributed by atoms with Crippen LogP contribution in [0.5, 0.6) is 0 Å². The van der Waals surface area contributed by atoms with Gasteiger partial charge in [-0.15, -0.1) is 5.10 Å². The highest BCUT2D eigenvalue weighted by Gasteiger charge is 2.33. The fourth-order valence-electron chi connectivity index (χ4n) is 2.52. The molecule has 8 heteroatoms. The first-order valence-electron chi connectivity index (χ1n) is 7.23. The van der Waals surface area contributed by atoms with Gasteiger partial charge in [0.25, 0.3) is 5.91 Å². The van der Waals surface area contributed by atoms with Gasteiger partial charge in [-0.1, -0.05) is 17.3 Å². The lowest BCUT2D eigenvalue weighted by Crippen LogP contribution is -2.41. The highest BCUT2D eigenvalue weighted by Crippen LogP contribution is 2.16. The molecule has 2 amide bonds. The number of likely N-dealkylation sites (tertiary alicyclic amines) is 1. The van der Waals surface area contributed by atoms with Crippen LogP contribution < -0.4 is 5.32 Å². The van der Waals surface area contributed by atoms with Crippen LogP contribution in [-0.4, -0.2) is 44.3 Å². The molecule has 1 atom stereocenters. The summed E-state index contributed by atoms with van der Waals surface area (Å²) < 4.78 is 14.3. The molecule has 1 aliphatic rings. The van der Waals surface area contributed by atoms with Crippen molar-refractivity contribution in [3.63, 3.8) is 0 Å². The number of rotatable bonds is 4. The molecular formula is C15H16FN5O2. The Morgan fingerprint density at radius 2 is 2.13 bits per heavy atom. The second-order valence-electron chi connectivity index (χ2n) is 5.48. The average molecular weight is 317 g/mol. The van der Waals surface area contributed by atoms with Gasteiger partial charge in [0, 0.05) is 20.1 Å². The zero-order valence-corrected chi connectivity index (χ0v) is 12.6. The summed E-state index contributed by atoms with van der Waals surface area (Å²) in [6, 6.07) is 5.46. The summed E-state index contributed by atoms with van der Waals surface area (Å²) in [6.07, 6.45) is 2.02. The van der Waals surface area contributed by atoms with Crippen molar-refractivity contribution in [2.75, 3.05) is 6.54 Å². The number of aromatic nitrogens is 3. The Balaban J connectivity index is 1.60. The van der Waals surface area contributed by atoms with E-state index in [4.69, 9.17) is 0 Å². The van der Waals surface area contributed by atoms with E-state index in [2.05, 4.69) is 15.6 Å². The maximum Gasteiger partial charge on any atom is 0.274 e. The third kappa shape index (κ3) is 3.36. The van der Waals surface area contributed by atoms with Gasteiger partial charge in [0.05, 0.1) is 6.20 Å². The van der Waals surface area contributed by atoms with Crippen LogP contribution in [0, 0.1) is 5.82 Å². The zero-order chi connectivity index (χ0) is 16.4. The Morgan fingerprint density at radius 3 is 2.78 bits per heavy atom. The minimum Gasteiger partial charge on any atom is -0.339 e. The Bertz CT molecular complexity index is 728. The molecule has 1 aliphatic heterocycles. The van der Waals surface area contributed by atoms with Crippen LogP contribution in [0.1, 0.15) is 22.5 Å². The fourth-order valence-corrected chi connectivity index (χ4v) is 2.52. The van der Waals surface area contributed by atoms with Crippen LogP contribution in [0.4, 0.5) is 4.39 Å². The number of amides is 2. The lowest BCUT2D eigenvalue weighted by molar-refractivity contribution is -0.129. The fraction of sp³-hybridized carbons (Fsp3) is 0.333. The summed E-state index contributed by atoms with van der Waals surface area (Å²) in [5.74, 6) is -0.873. The SMILES string of the molecule is Cn1cc(C(=O)NC2CCN(Cc3ccc(F)cc3)C2=O)nn1. The highest BCUT2D eigenvalue weighted by molar-refractivity contribution is 5.96. The van der Waals surface area contributed by atoms with Gasteiger partial charge in [-0.25, -0.2) is 4.39 Å². The second-order valence-corrected chi connectivity index (χ2v) is 5.48. The molecule has 0 spiro atoms. The first kappa shape index (κ1) is 15.1. The molecule has 1 unspecified atom stereocenters. The highest BCUT2D eigenvalue weighted by atomic mass is 19.1. The molecule has 2 heterocycles. The molecular weight excluding hydrogens is 301 g/mol. The average Bonchev–Trinajstić information content (AvgIpc) is 3.10. The monoisotopic (exact) mass is 317 g/mol. The van der Waals surface area contributed by atoms with Gasteiger partial charge in [0.1, 0.15) is 11.9 Å². The van der Waals surface area contributed by atoms with Gasteiger partial charge < -0.3 is 10.2 Å². The van der Waals surface area contributed by atoms with Gasteiger partial charge in [-0.2, -0.15) is 0 Å². The van der Waals surface area contributed by atoms with Gasteiger partial charge in [0.2, 0.25) is 5.91 Å². The molecule has 0 bridgehead atoms. The molecule has 7 nitrogen and oxygen atoms in total. The number of nitrogens with one attached hydrogen (secondary N) is 1. The molecule has 0 radical (unpaired) electrons. The van der Waals surface area contributed by atoms with Crippen molar-refractivity contribution in [3.05, 3.63) is 47.5 Å². The lowest BCUT2D eigenvalue weighted by atomic mass is 10.2. The number of carbonyl (C=O) groups excluding carboxylic acids is 2. The molecule has 0 aliphatic carbocycles. The van der Waals surface area contributed by atoms with Crippen molar-refractivity contribution in [1.29, 1.82) is 0 Å². The lowest BCUT2D eigenvalue weighted by Gasteiger charge is -2.17. The normalized spacial score (nSPS) is 17.6. The number of aryl methyl sites for hydroxylation is 1. The molecule has 0 saturated carbocycles. The molecule has 120 valence electrons. The van der Waals surface area contributed by atoms with Crippen molar-refractivity contribution in [1.82, 2.24) is 25.2 Å². The van der Waals surface area contributed by atoms with Crippen LogP contribution in [0.25, 0.3) is 0 Å². The Morgan fingerprint density at radius 1 is 1.39 bits per heavy atom. The van der Waals surface area contributed by atoms with E-state index in [1.807, 2.05) is 0 Å². The van der Waals surface area contributed by atoms with Crippen molar-refractivity contribution in [3.8, 4) is 0 Å². The first-order chi connectivity index (χ1) is 11.0. The maximum atomic E-state index is 12.9. The minimum atomic E-state index is -0.565. The third-order valence-electron chi connectivity index (χ3n) is 3.72. The van der Waals surface area contributed by atoms with Gasteiger partial charge >= 0.3 is 0 Å². The van der Waals surface area contributed by atoms with E-state index in [-0.39, 0.29) is 17.4 Å². The third-order valence-corrected chi connectivity index (χ3v) is 3.72. The van der Waals surface area contributed by atoms with E-state index in [1.165, 1.54) is 23.0 Å². The quantitative estimate of drug-likeness (QED) is 0.890. The Kier molecular flexibility index (Phi) is 4.05. The molecule has 3 rings (SSSR count). The second kappa shape index (κ2) is 6.15. The van der Waals surface area contributed by atoms with Crippen molar-refractivity contribution < 1.29 is 14.0 Å². The molecule has 23 heavy (non-hydrogen) atoms. The van der Waals surface area contributed by atoms with Crippen LogP contribution >= 0.6 is 0 Å². The molecule has 2 aromatic rings. The van der Waals surface area contributed by atoms with Crippen molar-refractivity contribution in [2.24, 2.45) is 7.05 Å². The van der Waals surface area contributed by atoms with Crippen LogP contribution in [-0.2, 0) is 18.4 Å². The summed E-state index contributed by atoms with van der Waals surface area (Å²) >= 11 is 0. The van der Waals surface area contributed by atoms with E-state index in [0.29, 0.717) is 19.5 Å². The predicted molar refractivity (Wildman–Crippen MR) is 78.7 cm³/mol. The van der Waals surface area contributed by atoms with Crippen LogP contribution in [0.15, 0.2) is 30.5 Å². The smallest absolute Gasteiger partial charge is 0.274 e. The molecule has 1 aromatic carbocycles. The van der Waals surface area contributed by atoms with Crippen molar-refractivity contribution >= 4 is 11.8 Å². The van der Waals surface area contributed by atoms with Crippen LogP contribution in [0.3, 0.4) is 0 Å². The number of hydrogen-bond acceptors (Lipinski definition) is 4. The number of hydrogen-bond donors (Lipinski definition) is 1. The molecule has 1 saturated heterocycles. The number of halogens is 1. The number of carbonyl (C=O) groups is 2. The molecule has 1 aromatic heterocycles.